The lowest BCUT2D eigenvalue weighted by Crippen LogP contribution is -2.21. The smallest absolute Gasteiger partial charge is 0.449 e. The Kier molecular flexibility index (Phi) is 18.7. The summed E-state index contributed by atoms with van der Waals surface area (Å²) in [6.07, 6.45) is -5.03. The van der Waals surface area contributed by atoms with Crippen molar-refractivity contribution in [1.82, 2.24) is 44.9 Å². The number of benzene rings is 9. The summed E-state index contributed by atoms with van der Waals surface area (Å²) < 4.78 is 84.1. The number of halogens is 6. The van der Waals surface area contributed by atoms with Gasteiger partial charge in [-0.1, -0.05) is 133 Å². The number of nitrogens with one attached hydrogen (secondary N) is 3. The molecule has 3 heterocycles. The molecule has 90 heavy (non-hydrogen) atoms. The number of hydrogen-bond acceptors (Lipinski definition) is 11. The van der Waals surface area contributed by atoms with Crippen LogP contribution in [0.1, 0.15) is 59.0 Å². The molecule has 0 aliphatic rings. The predicted molar refractivity (Wildman–Crippen MR) is 335 cm³/mol. The summed E-state index contributed by atoms with van der Waals surface area (Å²) in [5.41, 5.74) is 13.1. The number of para-hydroxylation sites is 6. The molecule has 0 spiro atoms. The van der Waals surface area contributed by atoms with Crippen LogP contribution >= 0.6 is 0 Å². The molecular formula is C67H56F6N12O5. The van der Waals surface area contributed by atoms with Crippen molar-refractivity contribution < 1.29 is 50.9 Å². The number of hydrogen-bond donors (Lipinski definition) is 5. The second-order valence-corrected chi connectivity index (χ2v) is 20.5. The predicted octanol–water partition coefficient (Wildman–Crippen LogP) is 13.3. The van der Waals surface area contributed by atoms with Crippen molar-refractivity contribution in [2.24, 2.45) is 15.3 Å². The monoisotopic (exact) mass is 1220 g/mol. The highest BCUT2D eigenvalue weighted by Crippen LogP contribution is 2.34. The van der Waals surface area contributed by atoms with Crippen molar-refractivity contribution >= 4 is 102 Å². The number of aryl methyl sites for hydroxylation is 5. The van der Waals surface area contributed by atoms with Crippen LogP contribution in [0, 0.1) is 13.8 Å². The minimum Gasteiger partial charge on any atom is -0.507 e. The molecule has 0 bridgehead atoms. The Balaban J connectivity index is 0.000000149. The summed E-state index contributed by atoms with van der Waals surface area (Å²) in [6.45, 7) is 4.02. The lowest BCUT2D eigenvalue weighted by atomic mass is 10.0. The van der Waals surface area contributed by atoms with Crippen LogP contribution < -0.4 is 16.3 Å². The third-order valence-corrected chi connectivity index (χ3v) is 14.6. The topological polar surface area (TPSA) is 218 Å². The number of amides is 3. The molecule has 0 saturated carbocycles. The van der Waals surface area contributed by atoms with E-state index in [2.05, 4.69) is 46.5 Å². The fourth-order valence-corrected chi connectivity index (χ4v) is 10.2. The van der Waals surface area contributed by atoms with Gasteiger partial charge in [-0.2, -0.15) is 41.6 Å². The number of hydrazone groups is 3. The van der Waals surface area contributed by atoms with Gasteiger partial charge >= 0.3 is 12.4 Å². The third kappa shape index (κ3) is 14.4. The first-order valence-corrected chi connectivity index (χ1v) is 28.1. The molecular weight excluding hydrogens is 1170 g/mol. The van der Waals surface area contributed by atoms with E-state index in [4.69, 9.17) is 0 Å². The molecule has 3 amide bonds. The van der Waals surface area contributed by atoms with Gasteiger partial charge in [0.05, 0.1) is 51.7 Å². The molecule has 0 radical (unpaired) electrons. The molecule has 23 heteroatoms. The molecule has 12 aromatic rings. The quantitative estimate of drug-likeness (QED) is 0.0377. The number of fused-ring (bicyclic) bond motifs is 6. The van der Waals surface area contributed by atoms with Crippen LogP contribution in [0.3, 0.4) is 0 Å². The lowest BCUT2D eigenvalue weighted by Gasteiger charge is -2.11. The molecule has 0 unspecified atom stereocenters. The summed E-state index contributed by atoms with van der Waals surface area (Å²) in [6, 6.07) is 54.0. The Morgan fingerprint density at radius 2 is 0.744 bits per heavy atom. The normalized spacial score (nSPS) is 11.9. The van der Waals surface area contributed by atoms with Gasteiger partial charge in [-0.15, -0.1) is 0 Å². The van der Waals surface area contributed by atoms with E-state index < -0.39 is 35.8 Å². The van der Waals surface area contributed by atoms with E-state index in [-0.39, 0.29) is 60.8 Å². The van der Waals surface area contributed by atoms with Crippen molar-refractivity contribution in [1.29, 1.82) is 0 Å². The van der Waals surface area contributed by atoms with E-state index in [0.717, 1.165) is 69.4 Å². The zero-order valence-corrected chi connectivity index (χ0v) is 48.2. The van der Waals surface area contributed by atoms with Gasteiger partial charge in [0.2, 0.25) is 29.4 Å². The van der Waals surface area contributed by atoms with Crippen LogP contribution in [0.4, 0.5) is 26.3 Å². The first kappa shape index (κ1) is 61.8. The molecule has 9 aromatic carbocycles. The number of imidazole rings is 3. The minimum absolute atomic E-state index is 0.00333. The van der Waals surface area contributed by atoms with Crippen LogP contribution in [-0.4, -0.2) is 75.2 Å². The number of phenolic OH excluding ortho intramolecular Hbond substituents is 2. The van der Waals surface area contributed by atoms with Crippen LogP contribution in [0.25, 0.3) is 65.4 Å². The highest BCUT2D eigenvalue weighted by molar-refractivity contribution is 6.04. The highest BCUT2D eigenvalue weighted by Gasteiger charge is 2.38. The van der Waals surface area contributed by atoms with E-state index in [1.54, 1.807) is 54.7 Å². The molecule has 456 valence electrons. The minimum atomic E-state index is -4.64. The molecule has 0 atom stereocenters. The van der Waals surface area contributed by atoms with Crippen molar-refractivity contribution in [3.8, 4) is 11.5 Å². The SMILES string of the molecule is Cc1ccc2ccccc2c1/C=N/NC(=O)CCn1c(C(F)(F)F)nc2ccccc21.Cc1nc2ccccc2n1CCC(=O)N/N=C/c1c(O)ccc2ccccc12.O=C(CCn1c(C(F)(F)F)nc2ccccc21)N/N=C/c1c(O)ccc2ccccc12. The van der Waals surface area contributed by atoms with Crippen molar-refractivity contribution in [2.45, 2.75) is 65.1 Å². The second-order valence-electron chi connectivity index (χ2n) is 20.5. The van der Waals surface area contributed by atoms with Crippen molar-refractivity contribution in [3.63, 3.8) is 0 Å². The highest BCUT2D eigenvalue weighted by atomic mass is 19.4. The van der Waals surface area contributed by atoms with Gasteiger partial charge in [0.1, 0.15) is 17.3 Å². The zero-order chi connectivity index (χ0) is 63.5. The number of alkyl halides is 6. The maximum absolute atomic E-state index is 13.4. The molecule has 17 nitrogen and oxygen atoms in total. The summed E-state index contributed by atoms with van der Waals surface area (Å²) in [5, 5.41) is 37.7. The summed E-state index contributed by atoms with van der Waals surface area (Å²) in [4.78, 5) is 48.4. The van der Waals surface area contributed by atoms with Gasteiger partial charge in [0, 0.05) is 55.6 Å². The summed E-state index contributed by atoms with van der Waals surface area (Å²) in [7, 11) is 0. The Labute approximate surface area is 509 Å². The average Bonchev–Trinajstić information content (AvgIpc) is 1.67. The van der Waals surface area contributed by atoms with Gasteiger partial charge in [0.15, 0.2) is 0 Å². The Morgan fingerprint density at radius 1 is 0.422 bits per heavy atom. The Bertz CT molecular complexity index is 4520. The zero-order valence-electron chi connectivity index (χ0n) is 48.2. The van der Waals surface area contributed by atoms with Gasteiger partial charge in [-0.25, -0.2) is 31.2 Å². The van der Waals surface area contributed by atoms with Gasteiger partial charge in [-0.05, 0) is 100 Å². The summed E-state index contributed by atoms with van der Waals surface area (Å²) in [5.74, 6) is -2.33. The summed E-state index contributed by atoms with van der Waals surface area (Å²) >= 11 is 0. The molecule has 0 saturated heterocycles. The van der Waals surface area contributed by atoms with Gasteiger partial charge in [-0.3, -0.25) is 14.4 Å². The Hall–Kier alpha value is -11.2. The number of carbonyl (C=O) groups excluding carboxylic acids is 3. The first-order chi connectivity index (χ1) is 43.3. The van der Waals surface area contributed by atoms with Crippen molar-refractivity contribution in [2.75, 3.05) is 0 Å². The number of carbonyl (C=O) groups is 3. The number of aromatic nitrogens is 6. The van der Waals surface area contributed by atoms with Crippen LogP contribution in [0.15, 0.2) is 197 Å². The fourth-order valence-electron chi connectivity index (χ4n) is 10.2. The number of rotatable bonds is 15. The molecule has 3 aromatic heterocycles. The molecule has 0 fully saturated rings. The molecule has 5 N–H and O–H groups in total. The number of nitrogens with zero attached hydrogens (tertiary/aromatic N) is 9. The standard InChI is InChI=1S/C23H19F3N4O.C22H17F3N4O2.C22H20N4O2/c1-15-10-11-16-6-2-3-7-17(16)18(15)14-27-29-21(31)12-13-30-20-9-5-4-8-19(20)28-22(30)23(24,25)26;23-22(24,25)21-27-17-7-3-4-8-18(17)29(21)12-11-20(31)28-26-13-16-15-6-2-1-5-14(15)9-10-19(16)30;1-15-24-19-8-4-5-9-20(19)26(15)13-12-22(28)25-23-14-18-17-7-3-2-6-16(17)10-11-21(18)27/h2-11,14H,12-13H2,1H3,(H,29,31);1-10,13,30H,11-12H2,(H,28,31);2-11,14,27H,12-13H2,1H3,(H,25,28)/b27-14+;26-13+;23-14+. The largest absolute Gasteiger partial charge is 0.507 e. The third-order valence-electron chi connectivity index (χ3n) is 14.6. The van der Waals surface area contributed by atoms with Gasteiger partial charge < -0.3 is 23.9 Å². The Morgan fingerprint density at radius 3 is 1.16 bits per heavy atom. The molecule has 0 aliphatic carbocycles. The lowest BCUT2D eigenvalue weighted by molar-refractivity contribution is -0.147. The van der Waals surface area contributed by atoms with Gasteiger partial charge in [0.25, 0.3) is 0 Å². The average molecular weight is 1220 g/mol. The maximum atomic E-state index is 13.4. The van der Waals surface area contributed by atoms with E-state index in [1.807, 2.05) is 128 Å². The van der Waals surface area contributed by atoms with Crippen molar-refractivity contribution in [3.05, 3.63) is 222 Å². The first-order valence-electron chi connectivity index (χ1n) is 28.1. The second kappa shape index (κ2) is 27.2. The number of aromatic hydroxyl groups is 2. The fraction of sp³-hybridized carbons (Fsp3) is 0.149. The number of phenols is 2. The van der Waals surface area contributed by atoms with E-state index in [9.17, 15) is 50.9 Å². The van der Waals surface area contributed by atoms with E-state index in [0.29, 0.717) is 28.7 Å². The molecule has 0 aliphatic heterocycles. The van der Waals surface area contributed by atoms with E-state index in [1.165, 1.54) is 36.7 Å². The van der Waals surface area contributed by atoms with Crippen LogP contribution in [0.2, 0.25) is 0 Å². The van der Waals surface area contributed by atoms with E-state index >= 15 is 0 Å². The van der Waals surface area contributed by atoms with Crippen LogP contribution in [0.5, 0.6) is 11.5 Å². The maximum Gasteiger partial charge on any atom is 0.449 e. The van der Waals surface area contributed by atoms with Crippen LogP contribution in [-0.2, 0) is 46.4 Å². The molecule has 12 rings (SSSR count).